The Morgan fingerprint density at radius 3 is 2.33 bits per heavy atom. The van der Waals surface area contributed by atoms with Gasteiger partial charge in [0.2, 0.25) is 0 Å². The number of hydrogen-bond donors (Lipinski definition) is 0. The van der Waals surface area contributed by atoms with Crippen LogP contribution in [0.1, 0.15) is 0 Å². The van der Waals surface area contributed by atoms with Crippen molar-refractivity contribution in [3.63, 3.8) is 0 Å². The van der Waals surface area contributed by atoms with E-state index in [1.807, 2.05) is 0 Å². The molecule has 1 heterocycles. The second-order valence-corrected chi connectivity index (χ2v) is 3.81. The lowest BCUT2D eigenvalue weighted by Crippen LogP contribution is -2.33. The van der Waals surface area contributed by atoms with Crippen LogP contribution in [0.5, 0.6) is 0 Å². The van der Waals surface area contributed by atoms with Gasteiger partial charge in [-0.2, -0.15) is 13.2 Å². The SMILES string of the molecule is O=C(C(Br)=CN1CCOCC1)C(F)(F)F. The number of carbonyl (C=O) groups is 1. The number of ketones is 1. The van der Waals surface area contributed by atoms with Crippen LogP contribution in [-0.2, 0) is 9.53 Å². The van der Waals surface area contributed by atoms with E-state index in [1.54, 1.807) is 4.90 Å². The molecule has 1 aliphatic heterocycles. The lowest BCUT2D eigenvalue weighted by atomic mass is 10.3. The molecule has 86 valence electrons. The van der Waals surface area contributed by atoms with Gasteiger partial charge in [0.25, 0.3) is 5.78 Å². The van der Waals surface area contributed by atoms with E-state index in [2.05, 4.69) is 15.9 Å². The van der Waals surface area contributed by atoms with Crippen LogP contribution in [0.25, 0.3) is 0 Å². The maximum atomic E-state index is 12.0. The Kier molecular flexibility index (Phi) is 4.15. The summed E-state index contributed by atoms with van der Waals surface area (Å²) in [7, 11) is 0. The predicted molar refractivity (Wildman–Crippen MR) is 50.5 cm³/mol. The van der Waals surface area contributed by atoms with E-state index >= 15 is 0 Å². The van der Waals surface area contributed by atoms with E-state index in [9.17, 15) is 18.0 Å². The number of halogens is 4. The zero-order valence-electron chi connectivity index (χ0n) is 7.68. The third kappa shape index (κ3) is 3.83. The molecular weight excluding hydrogens is 279 g/mol. The summed E-state index contributed by atoms with van der Waals surface area (Å²) in [5.41, 5.74) is 0. The van der Waals surface area contributed by atoms with Crippen LogP contribution in [-0.4, -0.2) is 43.2 Å². The molecule has 0 bridgehead atoms. The zero-order chi connectivity index (χ0) is 11.5. The smallest absolute Gasteiger partial charge is 0.378 e. The fourth-order valence-electron chi connectivity index (χ4n) is 1.06. The Labute approximate surface area is 93.0 Å². The summed E-state index contributed by atoms with van der Waals surface area (Å²) in [6.45, 7) is 1.88. The summed E-state index contributed by atoms with van der Waals surface area (Å²) < 4.78 is 40.5. The highest BCUT2D eigenvalue weighted by Crippen LogP contribution is 2.24. The first-order valence-corrected chi connectivity index (χ1v) is 5.01. The minimum atomic E-state index is -4.83. The van der Waals surface area contributed by atoms with Crippen LogP contribution in [0, 0.1) is 0 Å². The Morgan fingerprint density at radius 2 is 1.87 bits per heavy atom. The van der Waals surface area contributed by atoms with Gasteiger partial charge in [0.05, 0.1) is 17.7 Å². The molecule has 0 aromatic rings. The molecule has 0 spiro atoms. The van der Waals surface area contributed by atoms with Crippen molar-refractivity contribution in [2.75, 3.05) is 26.3 Å². The number of morpholine rings is 1. The van der Waals surface area contributed by atoms with E-state index < -0.39 is 16.4 Å². The first kappa shape index (κ1) is 12.5. The summed E-state index contributed by atoms with van der Waals surface area (Å²) >= 11 is 2.62. The maximum Gasteiger partial charge on any atom is 0.455 e. The molecule has 0 aromatic heterocycles. The van der Waals surface area contributed by atoms with Crippen LogP contribution in [0.4, 0.5) is 13.2 Å². The topological polar surface area (TPSA) is 29.5 Å². The summed E-state index contributed by atoms with van der Waals surface area (Å²) in [6.07, 6.45) is -3.67. The van der Waals surface area contributed by atoms with Crippen molar-refractivity contribution in [3.8, 4) is 0 Å². The fourth-order valence-corrected chi connectivity index (χ4v) is 1.58. The van der Waals surface area contributed by atoms with Gasteiger partial charge in [-0.25, -0.2) is 0 Å². The number of ether oxygens (including phenoxy) is 1. The van der Waals surface area contributed by atoms with Crippen molar-refractivity contribution in [2.45, 2.75) is 6.18 Å². The van der Waals surface area contributed by atoms with Crippen LogP contribution in [0.3, 0.4) is 0 Å². The van der Waals surface area contributed by atoms with Crippen molar-refractivity contribution in [3.05, 3.63) is 10.7 Å². The van der Waals surface area contributed by atoms with Crippen molar-refractivity contribution in [1.29, 1.82) is 0 Å². The van der Waals surface area contributed by atoms with E-state index in [4.69, 9.17) is 4.74 Å². The Morgan fingerprint density at radius 1 is 1.33 bits per heavy atom. The molecular formula is C8H9BrF3NO2. The van der Waals surface area contributed by atoms with Gasteiger partial charge in [0, 0.05) is 19.3 Å². The predicted octanol–water partition coefficient (Wildman–Crippen LogP) is 1.69. The molecule has 0 radical (unpaired) electrons. The summed E-state index contributed by atoms with van der Waals surface area (Å²) in [5, 5.41) is 0. The third-order valence-electron chi connectivity index (χ3n) is 1.82. The van der Waals surface area contributed by atoms with E-state index in [-0.39, 0.29) is 0 Å². The largest absolute Gasteiger partial charge is 0.455 e. The average Bonchev–Trinajstić information content (AvgIpc) is 2.16. The number of Topliss-reactive ketones (excluding diaryl/α,β-unsaturated/α-hetero) is 1. The number of allylic oxidation sites excluding steroid dienone is 1. The highest BCUT2D eigenvalue weighted by molar-refractivity contribution is 9.12. The molecule has 0 N–H and O–H groups in total. The standard InChI is InChI=1S/C8H9BrF3NO2/c9-6(7(14)8(10,11)12)5-13-1-3-15-4-2-13/h5H,1-4H2. The Balaban J connectivity index is 2.62. The second-order valence-electron chi connectivity index (χ2n) is 2.95. The van der Waals surface area contributed by atoms with Gasteiger partial charge in [-0.05, 0) is 15.9 Å². The van der Waals surface area contributed by atoms with Crippen LogP contribution in [0.2, 0.25) is 0 Å². The van der Waals surface area contributed by atoms with Gasteiger partial charge in [-0.1, -0.05) is 0 Å². The Bertz CT molecular complexity index is 272. The van der Waals surface area contributed by atoms with Gasteiger partial charge >= 0.3 is 6.18 Å². The molecule has 15 heavy (non-hydrogen) atoms. The molecule has 1 fully saturated rings. The molecule has 1 aliphatic rings. The van der Waals surface area contributed by atoms with Crippen LogP contribution >= 0.6 is 15.9 Å². The van der Waals surface area contributed by atoms with Gasteiger partial charge < -0.3 is 9.64 Å². The van der Waals surface area contributed by atoms with Gasteiger partial charge in [-0.3, -0.25) is 4.79 Å². The maximum absolute atomic E-state index is 12.0. The molecule has 0 aliphatic carbocycles. The van der Waals surface area contributed by atoms with Crippen molar-refractivity contribution in [2.24, 2.45) is 0 Å². The number of carbonyl (C=O) groups excluding carboxylic acids is 1. The van der Waals surface area contributed by atoms with E-state index in [1.165, 1.54) is 6.20 Å². The monoisotopic (exact) mass is 287 g/mol. The molecule has 0 unspecified atom stereocenters. The quantitative estimate of drug-likeness (QED) is 0.724. The minimum absolute atomic E-state index is 0.455. The number of hydrogen-bond acceptors (Lipinski definition) is 3. The number of nitrogens with zero attached hydrogens (tertiary/aromatic N) is 1. The highest BCUT2D eigenvalue weighted by Gasteiger charge is 2.40. The highest BCUT2D eigenvalue weighted by atomic mass is 79.9. The molecule has 0 saturated carbocycles. The van der Waals surface area contributed by atoms with Crippen LogP contribution in [0.15, 0.2) is 10.7 Å². The van der Waals surface area contributed by atoms with Crippen LogP contribution < -0.4 is 0 Å². The van der Waals surface area contributed by atoms with E-state index in [0.717, 1.165) is 0 Å². The zero-order valence-corrected chi connectivity index (χ0v) is 9.27. The molecule has 0 amide bonds. The van der Waals surface area contributed by atoms with Gasteiger partial charge in [0.1, 0.15) is 0 Å². The molecule has 1 rings (SSSR count). The molecule has 3 nitrogen and oxygen atoms in total. The molecule has 0 aromatic carbocycles. The van der Waals surface area contributed by atoms with Gasteiger partial charge in [0.15, 0.2) is 0 Å². The van der Waals surface area contributed by atoms with Crippen molar-refractivity contribution in [1.82, 2.24) is 4.90 Å². The van der Waals surface area contributed by atoms with Crippen molar-refractivity contribution < 1.29 is 22.7 Å². The summed E-state index contributed by atoms with van der Waals surface area (Å²) in [6, 6.07) is 0. The summed E-state index contributed by atoms with van der Waals surface area (Å²) in [4.78, 5) is 12.3. The fraction of sp³-hybridized carbons (Fsp3) is 0.625. The third-order valence-corrected chi connectivity index (χ3v) is 2.38. The molecule has 1 saturated heterocycles. The lowest BCUT2D eigenvalue weighted by Gasteiger charge is -2.25. The normalized spacial score (nSPS) is 19.2. The second kappa shape index (κ2) is 4.98. The lowest BCUT2D eigenvalue weighted by molar-refractivity contribution is -0.165. The molecule has 7 heteroatoms. The first-order chi connectivity index (χ1) is 6.91. The van der Waals surface area contributed by atoms with Gasteiger partial charge in [-0.15, -0.1) is 0 Å². The van der Waals surface area contributed by atoms with E-state index in [0.29, 0.717) is 26.3 Å². The summed E-state index contributed by atoms with van der Waals surface area (Å²) in [5.74, 6) is -1.87. The first-order valence-electron chi connectivity index (χ1n) is 4.22. The molecule has 0 atom stereocenters. The minimum Gasteiger partial charge on any atom is -0.378 e. The number of rotatable bonds is 2. The Hall–Kier alpha value is -0.560. The van der Waals surface area contributed by atoms with Crippen molar-refractivity contribution >= 4 is 21.7 Å². The number of alkyl halides is 3. The average molecular weight is 288 g/mol.